The van der Waals surface area contributed by atoms with Gasteiger partial charge in [0, 0.05) is 11.5 Å². The molecule has 1 fully saturated rings. The maximum absolute atomic E-state index is 13.0. The number of rotatable bonds is 13. The highest BCUT2D eigenvalue weighted by molar-refractivity contribution is 5.75. The van der Waals surface area contributed by atoms with Gasteiger partial charge in [0.1, 0.15) is 18.3 Å². The first-order valence-corrected chi connectivity index (χ1v) is 12.9. The quantitative estimate of drug-likeness (QED) is 0.127. The van der Waals surface area contributed by atoms with Crippen LogP contribution in [0, 0.1) is 0 Å². The maximum atomic E-state index is 13.0. The van der Waals surface area contributed by atoms with E-state index in [0.717, 1.165) is 16.7 Å². The molecule has 0 N–H and O–H groups in total. The molecule has 1 aliphatic heterocycles. The smallest absolute Gasteiger partial charge is 0.337 e. The number of benzene rings is 3. The third kappa shape index (κ3) is 8.13. The van der Waals surface area contributed by atoms with E-state index in [-0.39, 0.29) is 19.8 Å². The Morgan fingerprint density at radius 3 is 1.69 bits per heavy atom. The van der Waals surface area contributed by atoms with Crippen LogP contribution >= 0.6 is 0 Å². The first-order chi connectivity index (χ1) is 19.2. The summed E-state index contributed by atoms with van der Waals surface area (Å²) in [6.45, 7) is 0.981. The summed E-state index contributed by atoms with van der Waals surface area (Å²) in [4.78, 5) is 15.8. The van der Waals surface area contributed by atoms with Gasteiger partial charge in [-0.3, -0.25) is 0 Å². The molecule has 0 spiro atoms. The van der Waals surface area contributed by atoms with E-state index in [1.54, 1.807) is 0 Å². The van der Waals surface area contributed by atoms with Gasteiger partial charge in [-0.05, 0) is 28.6 Å². The van der Waals surface area contributed by atoms with Crippen molar-refractivity contribution in [2.24, 2.45) is 5.11 Å². The Kier molecular flexibility index (Phi) is 10.9. The summed E-state index contributed by atoms with van der Waals surface area (Å²) in [5.74, 6) is -0.573. The van der Waals surface area contributed by atoms with E-state index in [1.807, 2.05) is 91.0 Å². The Morgan fingerprint density at radius 2 is 1.23 bits per heavy atom. The lowest BCUT2D eigenvalue weighted by molar-refractivity contribution is -0.265. The van der Waals surface area contributed by atoms with Crippen molar-refractivity contribution in [3.63, 3.8) is 0 Å². The number of azide groups is 1. The minimum absolute atomic E-state index is 0.168. The summed E-state index contributed by atoms with van der Waals surface area (Å²) < 4.78 is 30.7. The zero-order valence-corrected chi connectivity index (χ0v) is 21.9. The fourth-order valence-electron chi connectivity index (χ4n) is 4.56. The van der Waals surface area contributed by atoms with E-state index >= 15 is 0 Å². The molecule has 0 amide bonds. The SMILES string of the molecule is COC(=O)[C@H]1O[C@@H](CCN=[N+]=[N-])[C@H](OCc2ccccc2)[C@@H](OCc2ccccc2)[C@@H]1OCc1ccccc1. The van der Waals surface area contributed by atoms with Crippen LogP contribution < -0.4 is 0 Å². The molecule has 5 atom stereocenters. The first-order valence-electron chi connectivity index (χ1n) is 12.9. The first kappa shape index (κ1) is 28.3. The zero-order valence-electron chi connectivity index (χ0n) is 21.9. The lowest BCUT2D eigenvalue weighted by atomic mass is 9.92. The van der Waals surface area contributed by atoms with E-state index < -0.39 is 36.5 Å². The molecule has 0 saturated carbocycles. The van der Waals surface area contributed by atoms with Crippen molar-refractivity contribution >= 4 is 5.97 Å². The van der Waals surface area contributed by atoms with Crippen LogP contribution in [0.1, 0.15) is 23.1 Å². The molecular formula is C30H33N3O6. The monoisotopic (exact) mass is 531 g/mol. The second-order valence-electron chi connectivity index (χ2n) is 9.15. The van der Waals surface area contributed by atoms with Crippen molar-refractivity contribution < 1.29 is 28.5 Å². The molecule has 3 aromatic rings. The van der Waals surface area contributed by atoms with Gasteiger partial charge in [-0.25, -0.2) is 4.79 Å². The predicted molar refractivity (Wildman–Crippen MR) is 144 cm³/mol. The normalized spacial score (nSPS) is 22.5. The molecule has 0 unspecified atom stereocenters. The van der Waals surface area contributed by atoms with Crippen molar-refractivity contribution in [2.45, 2.75) is 56.8 Å². The van der Waals surface area contributed by atoms with Gasteiger partial charge >= 0.3 is 5.97 Å². The molecule has 1 heterocycles. The summed E-state index contributed by atoms with van der Waals surface area (Å²) in [6, 6.07) is 29.2. The number of nitrogens with zero attached hydrogens (tertiary/aromatic N) is 3. The number of hydrogen-bond acceptors (Lipinski definition) is 7. The van der Waals surface area contributed by atoms with Crippen molar-refractivity contribution in [2.75, 3.05) is 13.7 Å². The van der Waals surface area contributed by atoms with Crippen molar-refractivity contribution in [3.05, 3.63) is 118 Å². The summed E-state index contributed by atoms with van der Waals surface area (Å²) in [7, 11) is 1.31. The molecule has 9 heteroatoms. The van der Waals surface area contributed by atoms with E-state index in [0.29, 0.717) is 13.0 Å². The van der Waals surface area contributed by atoms with Gasteiger partial charge in [-0.2, -0.15) is 0 Å². The molecule has 0 aromatic heterocycles. The van der Waals surface area contributed by atoms with Crippen molar-refractivity contribution in [1.29, 1.82) is 0 Å². The van der Waals surface area contributed by atoms with Crippen molar-refractivity contribution in [1.82, 2.24) is 0 Å². The Labute approximate surface area is 228 Å². The molecule has 3 aromatic carbocycles. The van der Waals surface area contributed by atoms with Gasteiger partial charge in [-0.1, -0.05) is 96.1 Å². The average molecular weight is 532 g/mol. The van der Waals surface area contributed by atoms with Crippen LogP contribution in [0.2, 0.25) is 0 Å². The van der Waals surface area contributed by atoms with Gasteiger partial charge < -0.3 is 23.7 Å². The number of carbonyl (C=O) groups excluding carboxylic acids is 1. The third-order valence-electron chi connectivity index (χ3n) is 6.50. The molecule has 4 rings (SSSR count). The Morgan fingerprint density at radius 1 is 0.769 bits per heavy atom. The number of ether oxygens (including phenoxy) is 5. The lowest BCUT2D eigenvalue weighted by Gasteiger charge is -2.45. The summed E-state index contributed by atoms with van der Waals surface area (Å²) in [5.41, 5.74) is 11.7. The lowest BCUT2D eigenvalue weighted by Crippen LogP contribution is -2.62. The standard InChI is InChI=1S/C30H33N3O6/c1-35-30(34)29-28(38-21-24-15-9-4-10-16-24)27(37-20-23-13-7-3-8-14-23)26(25(39-29)17-18-32-33-31)36-19-22-11-5-2-6-12-22/h2-16,25-29H,17-21H2,1H3/t25-,26-,27+,28-,29-/m0/s1. The van der Waals surface area contributed by atoms with E-state index in [9.17, 15) is 4.79 Å². The summed E-state index contributed by atoms with van der Waals surface area (Å²) >= 11 is 0. The molecule has 0 bridgehead atoms. The fourth-order valence-corrected chi connectivity index (χ4v) is 4.56. The van der Waals surface area contributed by atoms with Gasteiger partial charge in [0.05, 0.1) is 33.0 Å². The minimum Gasteiger partial charge on any atom is -0.467 e. The second-order valence-corrected chi connectivity index (χ2v) is 9.15. The van der Waals surface area contributed by atoms with Crippen LogP contribution in [0.15, 0.2) is 96.1 Å². The molecular weight excluding hydrogens is 498 g/mol. The molecule has 39 heavy (non-hydrogen) atoms. The highest BCUT2D eigenvalue weighted by atomic mass is 16.6. The Balaban J connectivity index is 1.65. The highest BCUT2D eigenvalue weighted by Crippen LogP contribution is 2.32. The number of hydrogen-bond donors (Lipinski definition) is 0. The molecule has 0 aliphatic carbocycles. The van der Waals surface area contributed by atoms with Crippen LogP contribution in [-0.2, 0) is 48.3 Å². The number of esters is 1. The molecule has 9 nitrogen and oxygen atoms in total. The minimum atomic E-state index is -1.06. The summed E-state index contributed by atoms with van der Waals surface area (Å²) in [5, 5.41) is 3.68. The molecule has 0 radical (unpaired) electrons. The molecule has 1 saturated heterocycles. The fraction of sp³-hybridized carbons (Fsp3) is 0.367. The number of methoxy groups -OCH3 is 1. The topological polar surface area (TPSA) is 112 Å². The zero-order chi connectivity index (χ0) is 27.3. The molecule has 1 aliphatic rings. The van der Waals surface area contributed by atoms with Crippen molar-refractivity contribution in [3.8, 4) is 0 Å². The third-order valence-corrected chi connectivity index (χ3v) is 6.50. The van der Waals surface area contributed by atoms with Gasteiger partial charge in [0.15, 0.2) is 6.10 Å². The average Bonchev–Trinajstić information content (AvgIpc) is 2.99. The van der Waals surface area contributed by atoms with Crippen LogP contribution in [0.5, 0.6) is 0 Å². The van der Waals surface area contributed by atoms with Gasteiger partial charge in [0.25, 0.3) is 0 Å². The highest BCUT2D eigenvalue weighted by Gasteiger charge is 2.51. The van der Waals surface area contributed by atoms with Crippen LogP contribution in [0.4, 0.5) is 0 Å². The van der Waals surface area contributed by atoms with E-state index in [4.69, 9.17) is 29.2 Å². The maximum Gasteiger partial charge on any atom is 0.337 e. The number of carbonyl (C=O) groups is 1. The second kappa shape index (κ2) is 15.0. The van der Waals surface area contributed by atoms with E-state index in [1.165, 1.54) is 7.11 Å². The van der Waals surface area contributed by atoms with E-state index in [2.05, 4.69) is 10.0 Å². The summed E-state index contributed by atoms with van der Waals surface area (Å²) in [6.07, 6.45) is -3.48. The van der Waals surface area contributed by atoms with Crippen LogP contribution in [0.25, 0.3) is 10.4 Å². The van der Waals surface area contributed by atoms with Crippen LogP contribution in [0.3, 0.4) is 0 Å². The molecule has 204 valence electrons. The predicted octanol–water partition coefficient (Wildman–Crippen LogP) is 5.38. The van der Waals surface area contributed by atoms with Gasteiger partial charge in [0.2, 0.25) is 0 Å². The largest absolute Gasteiger partial charge is 0.467 e. The van der Waals surface area contributed by atoms with Gasteiger partial charge in [-0.15, -0.1) is 0 Å². The Hall–Kier alpha value is -3.72. The van der Waals surface area contributed by atoms with Crippen LogP contribution in [-0.4, -0.2) is 50.1 Å². The Bertz CT molecular complexity index is 1190.